The normalized spacial score (nSPS) is 10.8. The molecule has 0 spiro atoms. The Bertz CT molecular complexity index is 758. The summed E-state index contributed by atoms with van der Waals surface area (Å²) in [5.74, 6) is 0.791. The number of hydrogen-bond donors (Lipinski definition) is 1. The van der Waals surface area contributed by atoms with Crippen LogP contribution in [0.4, 0.5) is 0 Å². The molecule has 0 fully saturated rings. The molecule has 1 aromatic carbocycles. The minimum Gasteiger partial charge on any atom is -0.497 e. The van der Waals surface area contributed by atoms with E-state index < -0.39 is 0 Å². The van der Waals surface area contributed by atoms with Crippen molar-refractivity contribution in [2.45, 2.75) is 6.54 Å². The standard InChI is InChI=1S/C13H12N4O2/c1-19-10-4-2-9(3-5-10)7-17-8-14-12-11(13(17)18)6-15-16-12/h2-6,8H,7H2,1H3,(H,15,16). The summed E-state index contributed by atoms with van der Waals surface area (Å²) in [5, 5.41) is 6.99. The molecule has 2 heterocycles. The predicted octanol–water partition coefficient (Wildman–Crippen LogP) is 1.18. The number of aromatic amines is 1. The lowest BCUT2D eigenvalue weighted by molar-refractivity contribution is 0.414. The van der Waals surface area contributed by atoms with Crippen LogP contribution in [0.15, 0.2) is 41.6 Å². The van der Waals surface area contributed by atoms with E-state index in [2.05, 4.69) is 15.2 Å². The topological polar surface area (TPSA) is 72.8 Å². The number of methoxy groups -OCH3 is 1. The number of rotatable bonds is 3. The number of hydrogen-bond acceptors (Lipinski definition) is 4. The zero-order valence-corrected chi connectivity index (χ0v) is 10.3. The molecule has 0 atom stereocenters. The summed E-state index contributed by atoms with van der Waals surface area (Å²) >= 11 is 0. The fourth-order valence-corrected chi connectivity index (χ4v) is 1.91. The van der Waals surface area contributed by atoms with Crippen molar-refractivity contribution in [3.05, 3.63) is 52.7 Å². The number of H-pyrrole nitrogens is 1. The van der Waals surface area contributed by atoms with E-state index >= 15 is 0 Å². The van der Waals surface area contributed by atoms with Gasteiger partial charge in [0.1, 0.15) is 17.5 Å². The second-order valence-corrected chi connectivity index (χ2v) is 4.16. The molecule has 2 aromatic heterocycles. The first-order valence-corrected chi connectivity index (χ1v) is 5.79. The highest BCUT2D eigenvalue weighted by molar-refractivity contribution is 5.71. The van der Waals surface area contributed by atoms with Crippen LogP contribution < -0.4 is 10.3 Å². The molecule has 3 rings (SSSR count). The van der Waals surface area contributed by atoms with Gasteiger partial charge < -0.3 is 4.74 Å². The highest BCUT2D eigenvalue weighted by Gasteiger charge is 2.06. The van der Waals surface area contributed by atoms with E-state index in [1.165, 1.54) is 12.5 Å². The van der Waals surface area contributed by atoms with Gasteiger partial charge in [0, 0.05) is 0 Å². The maximum absolute atomic E-state index is 12.2. The fraction of sp³-hybridized carbons (Fsp3) is 0.154. The Hall–Kier alpha value is -2.63. The molecule has 3 aromatic rings. The Labute approximate surface area is 108 Å². The number of aromatic nitrogens is 4. The fourth-order valence-electron chi connectivity index (χ4n) is 1.91. The lowest BCUT2D eigenvalue weighted by atomic mass is 10.2. The number of fused-ring (bicyclic) bond motifs is 1. The summed E-state index contributed by atoms with van der Waals surface area (Å²) in [7, 11) is 1.62. The van der Waals surface area contributed by atoms with Gasteiger partial charge in [0.25, 0.3) is 5.56 Å². The van der Waals surface area contributed by atoms with E-state index in [0.29, 0.717) is 17.6 Å². The lowest BCUT2D eigenvalue weighted by Crippen LogP contribution is -2.20. The molecule has 19 heavy (non-hydrogen) atoms. The van der Waals surface area contributed by atoms with Crippen molar-refractivity contribution >= 4 is 11.0 Å². The molecule has 0 aliphatic heterocycles. The molecule has 0 radical (unpaired) electrons. The second-order valence-electron chi connectivity index (χ2n) is 4.16. The van der Waals surface area contributed by atoms with Gasteiger partial charge in [-0.2, -0.15) is 5.10 Å². The summed E-state index contributed by atoms with van der Waals surface area (Å²) in [4.78, 5) is 16.3. The molecule has 96 valence electrons. The van der Waals surface area contributed by atoms with Gasteiger partial charge in [0.05, 0.1) is 19.9 Å². The third-order valence-electron chi connectivity index (χ3n) is 2.95. The van der Waals surface area contributed by atoms with Crippen LogP contribution in [0.3, 0.4) is 0 Å². The smallest absolute Gasteiger partial charge is 0.264 e. The van der Waals surface area contributed by atoms with Crippen LogP contribution in [0.1, 0.15) is 5.56 Å². The second kappa shape index (κ2) is 4.56. The average Bonchev–Trinajstić information content (AvgIpc) is 2.92. The SMILES string of the molecule is COc1ccc(Cn2cnc3[nH]ncc3c2=O)cc1. The van der Waals surface area contributed by atoms with Crippen molar-refractivity contribution in [3.63, 3.8) is 0 Å². The molecule has 0 aliphatic carbocycles. The van der Waals surface area contributed by atoms with Crippen molar-refractivity contribution in [2.24, 2.45) is 0 Å². The Balaban J connectivity index is 1.95. The summed E-state index contributed by atoms with van der Waals surface area (Å²) in [6.07, 6.45) is 3.02. The van der Waals surface area contributed by atoms with Gasteiger partial charge in [-0.25, -0.2) is 4.98 Å². The molecule has 0 saturated carbocycles. The van der Waals surface area contributed by atoms with Crippen molar-refractivity contribution < 1.29 is 4.74 Å². The molecule has 0 aliphatic rings. The number of ether oxygens (including phenoxy) is 1. The van der Waals surface area contributed by atoms with Crippen LogP contribution in [-0.4, -0.2) is 26.9 Å². The van der Waals surface area contributed by atoms with Crippen molar-refractivity contribution in [1.82, 2.24) is 19.7 Å². The van der Waals surface area contributed by atoms with Crippen molar-refractivity contribution in [2.75, 3.05) is 7.11 Å². The predicted molar refractivity (Wildman–Crippen MR) is 70.2 cm³/mol. The first-order chi connectivity index (χ1) is 9.28. The van der Waals surface area contributed by atoms with Gasteiger partial charge in [0.2, 0.25) is 0 Å². The molecule has 0 unspecified atom stereocenters. The van der Waals surface area contributed by atoms with E-state index in [0.717, 1.165) is 11.3 Å². The van der Waals surface area contributed by atoms with Crippen LogP contribution in [-0.2, 0) is 6.54 Å². The zero-order valence-electron chi connectivity index (χ0n) is 10.3. The Morgan fingerprint density at radius 3 is 2.84 bits per heavy atom. The van der Waals surface area contributed by atoms with Crippen molar-refractivity contribution in [1.29, 1.82) is 0 Å². The minimum absolute atomic E-state index is 0.102. The van der Waals surface area contributed by atoms with Crippen LogP contribution in [0.25, 0.3) is 11.0 Å². The van der Waals surface area contributed by atoms with Crippen LogP contribution in [0, 0.1) is 0 Å². The Kier molecular flexibility index (Phi) is 2.75. The highest BCUT2D eigenvalue weighted by Crippen LogP contribution is 2.12. The van der Waals surface area contributed by atoms with Gasteiger partial charge in [0.15, 0.2) is 5.65 Å². The third-order valence-corrected chi connectivity index (χ3v) is 2.95. The summed E-state index contributed by atoms with van der Waals surface area (Å²) in [6.45, 7) is 0.469. The first-order valence-electron chi connectivity index (χ1n) is 5.79. The average molecular weight is 256 g/mol. The van der Waals surface area contributed by atoms with E-state index in [1.807, 2.05) is 24.3 Å². The van der Waals surface area contributed by atoms with Crippen LogP contribution in [0.2, 0.25) is 0 Å². The van der Waals surface area contributed by atoms with Gasteiger partial charge >= 0.3 is 0 Å². The van der Waals surface area contributed by atoms with Crippen LogP contribution >= 0.6 is 0 Å². The Morgan fingerprint density at radius 2 is 2.11 bits per heavy atom. The molecule has 0 amide bonds. The van der Waals surface area contributed by atoms with Gasteiger partial charge in [-0.3, -0.25) is 14.5 Å². The zero-order chi connectivity index (χ0) is 13.2. The van der Waals surface area contributed by atoms with E-state index in [-0.39, 0.29) is 5.56 Å². The van der Waals surface area contributed by atoms with Crippen molar-refractivity contribution in [3.8, 4) is 5.75 Å². The molecule has 6 nitrogen and oxygen atoms in total. The summed E-state index contributed by atoms with van der Waals surface area (Å²) in [5.41, 5.74) is 1.41. The van der Waals surface area contributed by atoms with Gasteiger partial charge in [-0.1, -0.05) is 12.1 Å². The molecular formula is C13H12N4O2. The number of nitrogens with zero attached hydrogens (tertiary/aromatic N) is 3. The third kappa shape index (κ3) is 2.08. The molecular weight excluding hydrogens is 244 g/mol. The van der Waals surface area contributed by atoms with E-state index in [1.54, 1.807) is 11.7 Å². The Morgan fingerprint density at radius 1 is 1.32 bits per heavy atom. The molecule has 0 bridgehead atoms. The highest BCUT2D eigenvalue weighted by atomic mass is 16.5. The maximum atomic E-state index is 12.2. The van der Waals surface area contributed by atoms with Gasteiger partial charge in [-0.15, -0.1) is 0 Å². The monoisotopic (exact) mass is 256 g/mol. The quantitative estimate of drug-likeness (QED) is 0.763. The first kappa shape index (κ1) is 11.5. The molecule has 0 saturated heterocycles. The van der Waals surface area contributed by atoms with E-state index in [9.17, 15) is 4.79 Å². The number of nitrogens with one attached hydrogen (secondary N) is 1. The summed E-state index contributed by atoms with van der Waals surface area (Å²) < 4.78 is 6.65. The lowest BCUT2D eigenvalue weighted by Gasteiger charge is -2.06. The van der Waals surface area contributed by atoms with Crippen LogP contribution in [0.5, 0.6) is 5.75 Å². The molecule has 1 N–H and O–H groups in total. The largest absolute Gasteiger partial charge is 0.497 e. The van der Waals surface area contributed by atoms with E-state index in [4.69, 9.17) is 4.74 Å². The maximum Gasteiger partial charge on any atom is 0.264 e. The number of benzene rings is 1. The van der Waals surface area contributed by atoms with Gasteiger partial charge in [-0.05, 0) is 17.7 Å². The summed E-state index contributed by atoms with van der Waals surface area (Å²) in [6, 6.07) is 7.57. The minimum atomic E-state index is -0.102. The molecule has 6 heteroatoms.